The van der Waals surface area contributed by atoms with Gasteiger partial charge in [0.05, 0.1) is 0 Å². The average Bonchev–Trinajstić information content (AvgIpc) is 2.37. The van der Waals surface area contributed by atoms with Crippen molar-refractivity contribution in [2.24, 2.45) is 0 Å². The number of halogens is 1. The van der Waals surface area contributed by atoms with E-state index < -0.39 is 11.8 Å². The number of rotatable bonds is 5. The Labute approximate surface area is 105 Å². The number of amides is 2. The van der Waals surface area contributed by atoms with Crippen molar-refractivity contribution < 1.29 is 9.59 Å². The first-order valence-corrected chi connectivity index (χ1v) is 5.78. The lowest BCUT2D eigenvalue weighted by Gasteiger charge is -2.05. The van der Waals surface area contributed by atoms with Crippen molar-refractivity contribution in [1.82, 2.24) is 15.6 Å². The zero-order valence-corrected chi connectivity index (χ0v) is 10.0. The Bertz CT molecular complexity index is 370. The summed E-state index contributed by atoms with van der Waals surface area (Å²) in [5.74, 6) is -0.820. The maximum absolute atomic E-state index is 11.3. The highest BCUT2D eigenvalue weighted by atomic mass is 35.5. The van der Waals surface area contributed by atoms with Crippen molar-refractivity contribution in [2.45, 2.75) is 13.0 Å². The van der Waals surface area contributed by atoms with Crippen LogP contribution in [0.4, 0.5) is 0 Å². The first-order valence-electron chi connectivity index (χ1n) is 5.25. The van der Waals surface area contributed by atoms with Crippen molar-refractivity contribution in [3.63, 3.8) is 0 Å². The Kier molecular flexibility index (Phi) is 6.03. The minimum absolute atomic E-state index is 0.310. The maximum Gasteiger partial charge on any atom is 0.309 e. The maximum atomic E-state index is 11.3. The molecule has 0 fully saturated rings. The van der Waals surface area contributed by atoms with Gasteiger partial charge in [-0.05, 0) is 24.1 Å². The second-order valence-corrected chi connectivity index (χ2v) is 3.71. The van der Waals surface area contributed by atoms with E-state index in [0.29, 0.717) is 25.4 Å². The molecule has 0 bridgehead atoms. The lowest BCUT2D eigenvalue weighted by molar-refractivity contribution is -0.139. The molecule has 92 valence electrons. The molecular formula is C11H14ClN3O2. The lowest BCUT2D eigenvalue weighted by atomic mass is 10.3. The van der Waals surface area contributed by atoms with Crippen molar-refractivity contribution in [1.29, 1.82) is 0 Å². The normalized spacial score (nSPS) is 9.71. The van der Waals surface area contributed by atoms with Gasteiger partial charge in [-0.15, -0.1) is 11.6 Å². The molecule has 5 nitrogen and oxygen atoms in total. The van der Waals surface area contributed by atoms with E-state index in [2.05, 4.69) is 15.6 Å². The number of pyridine rings is 1. The van der Waals surface area contributed by atoms with Crippen LogP contribution in [0.1, 0.15) is 12.0 Å². The van der Waals surface area contributed by atoms with Gasteiger partial charge in [-0.3, -0.25) is 14.6 Å². The van der Waals surface area contributed by atoms with E-state index in [1.165, 1.54) is 0 Å². The third-order valence-corrected chi connectivity index (χ3v) is 2.27. The molecule has 0 spiro atoms. The third kappa shape index (κ3) is 5.31. The Balaban J connectivity index is 2.27. The van der Waals surface area contributed by atoms with Crippen LogP contribution in [0, 0.1) is 0 Å². The smallest absolute Gasteiger partial charge is 0.309 e. The number of alkyl halides is 1. The van der Waals surface area contributed by atoms with Gasteiger partial charge in [0.1, 0.15) is 0 Å². The van der Waals surface area contributed by atoms with Crippen LogP contribution in [0.2, 0.25) is 0 Å². The largest absolute Gasteiger partial charge is 0.348 e. The van der Waals surface area contributed by atoms with E-state index in [1.54, 1.807) is 24.5 Å². The molecule has 1 aromatic heterocycles. The molecule has 2 amide bonds. The van der Waals surface area contributed by atoms with E-state index in [4.69, 9.17) is 11.6 Å². The summed E-state index contributed by atoms with van der Waals surface area (Å²) in [6, 6.07) is 3.54. The van der Waals surface area contributed by atoms with E-state index in [-0.39, 0.29) is 0 Å². The van der Waals surface area contributed by atoms with Gasteiger partial charge < -0.3 is 10.6 Å². The second-order valence-electron chi connectivity index (χ2n) is 3.34. The predicted molar refractivity (Wildman–Crippen MR) is 64.4 cm³/mol. The fraction of sp³-hybridized carbons (Fsp3) is 0.364. The summed E-state index contributed by atoms with van der Waals surface area (Å²) >= 11 is 5.45. The molecule has 0 aliphatic rings. The molecule has 0 aliphatic heterocycles. The van der Waals surface area contributed by atoms with Gasteiger partial charge in [0.25, 0.3) is 0 Å². The van der Waals surface area contributed by atoms with Crippen molar-refractivity contribution in [3.05, 3.63) is 30.1 Å². The third-order valence-electron chi connectivity index (χ3n) is 2.00. The highest BCUT2D eigenvalue weighted by Crippen LogP contribution is 1.94. The van der Waals surface area contributed by atoms with Gasteiger partial charge in [-0.2, -0.15) is 0 Å². The number of carbonyl (C=O) groups excluding carboxylic acids is 2. The highest BCUT2D eigenvalue weighted by Gasteiger charge is 2.11. The first kappa shape index (κ1) is 13.4. The Morgan fingerprint density at radius 3 is 2.47 bits per heavy atom. The summed E-state index contributed by atoms with van der Waals surface area (Å²) in [5.41, 5.74) is 0.891. The zero-order chi connectivity index (χ0) is 12.5. The zero-order valence-electron chi connectivity index (χ0n) is 9.28. The van der Waals surface area contributed by atoms with Crippen LogP contribution in [0.25, 0.3) is 0 Å². The summed E-state index contributed by atoms with van der Waals surface area (Å²) in [5, 5.41) is 4.99. The number of nitrogens with zero attached hydrogens (tertiary/aromatic N) is 1. The molecule has 6 heteroatoms. The fourth-order valence-corrected chi connectivity index (χ4v) is 1.25. The molecule has 1 aromatic rings. The van der Waals surface area contributed by atoms with Gasteiger partial charge in [-0.25, -0.2) is 0 Å². The summed E-state index contributed by atoms with van der Waals surface area (Å²) in [6.07, 6.45) is 3.90. The summed E-state index contributed by atoms with van der Waals surface area (Å²) in [4.78, 5) is 26.5. The molecule has 0 unspecified atom stereocenters. The highest BCUT2D eigenvalue weighted by molar-refractivity contribution is 6.35. The summed E-state index contributed by atoms with van der Waals surface area (Å²) in [7, 11) is 0. The van der Waals surface area contributed by atoms with Crippen LogP contribution in [-0.4, -0.2) is 29.2 Å². The van der Waals surface area contributed by atoms with Crippen molar-refractivity contribution in [2.75, 3.05) is 12.4 Å². The standard InChI is InChI=1S/C11H14ClN3O2/c12-4-1-5-14-10(16)11(17)15-8-9-2-6-13-7-3-9/h2-3,6-7H,1,4-5,8H2,(H,14,16)(H,15,17). The minimum atomic E-state index is -0.642. The van der Waals surface area contributed by atoms with Crippen LogP contribution in [0.5, 0.6) is 0 Å². The number of aromatic nitrogens is 1. The molecule has 0 aromatic carbocycles. The van der Waals surface area contributed by atoms with Crippen LogP contribution >= 0.6 is 11.6 Å². The minimum Gasteiger partial charge on any atom is -0.348 e. The molecule has 0 radical (unpaired) electrons. The molecule has 0 aliphatic carbocycles. The molecule has 17 heavy (non-hydrogen) atoms. The average molecular weight is 256 g/mol. The molecule has 2 N–H and O–H groups in total. The van der Waals surface area contributed by atoms with Crippen LogP contribution in [0.3, 0.4) is 0 Å². The summed E-state index contributed by atoms with van der Waals surface area (Å²) < 4.78 is 0. The van der Waals surface area contributed by atoms with Crippen molar-refractivity contribution in [3.8, 4) is 0 Å². The molecule has 0 saturated heterocycles. The number of carbonyl (C=O) groups is 2. The van der Waals surface area contributed by atoms with Gasteiger partial charge in [0, 0.05) is 31.4 Å². The van der Waals surface area contributed by atoms with Crippen molar-refractivity contribution >= 4 is 23.4 Å². The fourth-order valence-electron chi connectivity index (χ4n) is 1.11. The van der Waals surface area contributed by atoms with Crippen LogP contribution in [-0.2, 0) is 16.1 Å². The van der Waals surface area contributed by atoms with E-state index in [0.717, 1.165) is 5.56 Å². The number of hydrogen-bond donors (Lipinski definition) is 2. The molecule has 0 saturated carbocycles. The van der Waals surface area contributed by atoms with E-state index in [1.807, 2.05) is 0 Å². The number of nitrogens with one attached hydrogen (secondary N) is 2. The van der Waals surface area contributed by atoms with Gasteiger partial charge in [-0.1, -0.05) is 0 Å². The van der Waals surface area contributed by atoms with Gasteiger partial charge in [0.15, 0.2) is 0 Å². The predicted octanol–water partition coefficient (Wildman–Crippen LogP) is 0.443. The molecule has 1 heterocycles. The Hall–Kier alpha value is -1.62. The topological polar surface area (TPSA) is 71.1 Å². The number of hydrogen-bond acceptors (Lipinski definition) is 3. The molecule has 0 atom stereocenters. The molecular weight excluding hydrogens is 242 g/mol. The summed E-state index contributed by atoms with van der Waals surface area (Å²) in [6.45, 7) is 0.718. The quantitative estimate of drug-likeness (QED) is 0.456. The Morgan fingerprint density at radius 2 is 1.82 bits per heavy atom. The van der Waals surface area contributed by atoms with Crippen LogP contribution < -0.4 is 10.6 Å². The van der Waals surface area contributed by atoms with E-state index in [9.17, 15) is 9.59 Å². The Morgan fingerprint density at radius 1 is 1.18 bits per heavy atom. The molecule has 1 rings (SSSR count). The van der Waals surface area contributed by atoms with E-state index >= 15 is 0 Å². The monoisotopic (exact) mass is 255 g/mol. The first-order chi connectivity index (χ1) is 8.24. The van der Waals surface area contributed by atoms with Gasteiger partial charge in [0.2, 0.25) is 0 Å². The SMILES string of the molecule is O=C(NCCCCl)C(=O)NCc1ccncc1. The second kappa shape index (κ2) is 7.62. The lowest BCUT2D eigenvalue weighted by Crippen LogP contribution is -2.40. The van der Waals surface area contributed by atoms with Gasteiger partial charge >= 0.3 is 11.8 Å². The van der Waals surface area contributed by atoms with Crippen LogP contribution in [0.15, 0.2) is 24.5 Å².